The standard InChI is InChI=1S/C21H26N8O2/c1-13-17(14(2)29-21(26-13)24-12-25-29)6-8-19(30)27-16-5-7-18(23-10-16)28-9-3-4-15(11-28)20(22)31/h5,7,10,12,15H,3-4,6,8-9,11H2,1-2H3,(H2,22,31)(H,27,30). The molecule has 162 valence electrons. The molecule has 0 bridgehead atoms. The molecule has 4 rings (SSSR count). The molecule has 0 aliphatic carbocycles. The molecule has 31 heavy (non-hydrogen) atoms. The van der Waals surface area contributed by atoms with Crippen LogP contribution in [0, 0.1) is 19.8 Å². The highest BCUT2D eigenvalue weighted by Gasteiger charge is 2.24. The molecule has 0 aromatic carbocycles. The third kappa shape index (κ3) is 4.47. The van der Waals surface area contributed by atoms with Gasteiger partial charge in [0.25, 0.3) is 5.78 Å². The van der Waals surface area contributed by atoms with E-state index in [9.17, 15) is 9.59 Å². The first-order valence-electron chi connectivity index (χ1n) is 10.4. The molecule has 1 aliphatic heterocycles. The minimum Gasteiger partial charge on any atom is -0.369 e. The molecule has 1 fully saturated rings. The zero-order valence-corrected chi connectivity index (χ0v) is 17.7. The number of amides is 2. The predicted octanol–water partition coefficient (Wildman–Crippen LogP) is 1.41. The molecule has 3 aromatic rings. The molecule has 1 unspecified atom stereocenters. The lowest BCUT2D eigenvalue weighted by molar-refractivity contribution is -0.122. The van der Waals surface area contributed by atoms with E-state index in [4.69, 9.17) is 5.73 Å². The van der Waals surface area contributed by atoms with E-state index in [1.54, 1.807) is 10.7 Å². The molecule has 0 saturated carbocycles. The van der Waals surface area contributed by atoms with Crippen molar-refractivity contribution in [1.82, 2.24) is 24.6 Å². The van der Waals surface area contributed by atoms with Crippen molar-refractivity contribution in [1.29, 1.82) is 0 Å². The number of primary amides is 1. The van der Waals surface area contributed by atoms with Gasteiger partial charge in [0.15, 0.2) is 0 Å². The lowest BCUT2D eigenvalue weighted by atomic mass is 9.97. The van der Waals surface area contributed by atoms with Crippen LogP contribution in [0.15, 0.2) is 24.7 Å². The van der Waals surface area contributed by atoms with Crippen molar-refractivity contribution >= 4 is 29.1 Å². The van der Waals surface area contributed by atoms with Crippen molar-refractivity contribution in [3.8, 4) is 0 Å². The molecular formula is C21H26N8O2. The summed E-state index contributed by atoms with van der Waals surface area (Å²) in [5, 5.41) is 7.07. The van der Waals surface area contributed by atoms with Gasteiger partial charge in [-0.1, -0.05) is 0 Å². The topological polar surface area (TPSA) is 131 Å². The number of hydrogen-bond donors (Lipinski definition) is 2. The zero-order chi connectivity index (χ0) is 22.0. The highest BCUT2D eigenvalue weighted by atomic mass is 16.2. The Morgan fingerprint density at radius 1 is 1.26 bits per heavy atom. The first-order chi connectivity index (χ1) is 14.9. The molecule has 0 spiro atoms. The number of aromatic nitrogens is 5. The molecule has 10 nitrogen and oxygen atoms in total. The van der Waals surface area contributed by atoms with Gasteiger partial charge < -0.3 is 16.0 Å². The number of fused-ring (bicyclic) bond motifs is 1. The van der Waals surface area contributed by atoms with Gasteiger partial charge in [0.05, 0.1) is 17.8 Å². The molecule has 1 atom stereocenters. The highest BCUT2D eigenvalue weighted by Crippen LogP contribution is 2.22. The molecule has 10 heteroatoms. The van der Waals surface area contributed by atoms with Gasteiger partial charge in [0, 0.05) is 30.9 Å². The van der Waals surface area contributed by atoms with Gasteiger partial charge in [-0.05, 0) is 50.8 Å². The Morgan fingerprint density at radius 2 is 2.10 bits per heavy atom. The van der Waals surface area contributed by atoms with Crippen LogP contribution in [-0.4, -0.2) is 49.5 Å². The zero-order valence-electron chi connectivity index (χ0n) is 17.7. The first-order valence-corrected chi connectivity index (χ1v) is 10.4. The Bertz CT molecular complexity index is 1110. The summed E-state index contributed by atoms with van der Waals surface area (Å²) in [5.41, 5.74) is 8.88. The van der Waals surface area contributed by atoms with Crippen molar-refractivity contribution in [2.75, 3.05) is 23.3 Å². The first kappa shape index (κ1) is 20.7. The van der Waals surface area contributed by atoms with Gasteiger partial charge in [-0.2, -0.15) is 10.1 Å². The van der Waals surface area contributed by atoms with Crippen LogP contribution >= 0.6 is 0 Å². The number of piperidine rings is 1. The number of carbonyl (C=O) groups is 2. The maximum atomic E-state index is 12.5. The molecule has 2 amide bonds. The number of nitrogens with two attached hydrogens (primary N) is 1. The third-order valence-electron chi connectivity index (χ3n) is 5.77. The summed E-state index contributed by atoms with van der Waals surface area (Å²) in [6.45, 7) is 5.29. The molecule has 1 saturated heterocycles. The minimum atomic E-state index is -0.266. The van der Waals surface area contributed by atoms with Gasteiger partial charge >= 0.3 is 0 Å². The van der Waals surface area contributed by atoms with E-state index in [-0.39, 0.29) is 17.7 Å². The molecule has 0 radical (unpaired) electrons. The number of hydrogen-bond acceptors (Lipinski definition) is 7. The summed E-state index contributed by atoms with van der Waals surface area (Å²) in [7, 11) is 0. The Labute approximate surface area is 179 Å². The number of anilines is 2. The van der Waals surface area contributed by atoms with E-state index in [2.05, 4.69) is 30.3 Å². The maximum absolute atomic E-state index is 12.5. The average Bonchev–Trinajstić information content (AvgIpc) is 3.23. The molecule has 4 heterocycles. The minimum absolute atomic E-state index is 0.0983. The highest BCUT2D eigenvalue weighted by molar-refractivity contribution is 5.90. The average molecular weight is 422 g/mol. The van der Waals surface area contributed by atoms with Gasteiger partial charge in [0.2, 0.25) is 11.8 Å². The summed E-state index contributed by atoms with van der Waals surface area (Å²) in [6.07, 6.45) is 5.71. The van der Waals surface area contributed by atoms with Crippen LogP contribution in [0.2, 0.25) is 0 Å². The lowest BCUT2D eigenvalue weighted by Gasteiger charge is -2.32. The Morgan fingerprint density at radius 3 is 2.84 bits per heavy atom. The second-order valence-electron chi connectivity index (χ2n) is 7.87. The number of aryl methyl sites for hydroxylation is 2. The van der Waals surface area contributed by atoms with Gasteiger partial charge in [-0.3, -0.25) is 9.59 Å². The van der Waals surface area contributed by atoms with E-state index in [0.29, 0.717) is 30.9 Å². The third-order valence-corrected chi connectivity index (χ3v) is 5.77. The van der Waals surface area contributed by atoms with Crippen LogP contribution in [0.1, 0.15) is 36.2 Å². The van der Waals surface area contributed by atoms with Crippen molar-refractivity contribution in [2.45, 2.75) is 39.5 Å². The van der Waals surface area contributed by atoms with Gasteiger partial charge in [-0.25, -0.2) is 14.5 Å². The number of rotatable bonds is 6. The molecule has 1 aliphatic rings. The van der Waals surface area contributed by atoms with Crippen molar-refractivity contribution in [3.05, 3.63) is 41.6 Å². The normalized spacial score (nSPS) is 16.5. The van der Waals surface area contributed by atoms with Crippen LogP contribution in [-0.2, 0) is 16.0 Å². The van der Waals surface area contributed by atoms with E-state index in [1.807, 2.05) is 26.0 Å². The van der Waals surface area contributed by atoms with Crippen LogP contribution in [0.3, 0.4) is 0 Å². The number of carbonyl (C=O) groups excluding carboxylic acids is 2. The Kier molecular flexibility index (Phi) is 5.79. The van der Waals surface area contributed by atoms with E-state index < -0.39 is 0 Å². The van der Waals surface area contributed by atoms with Crippen LogP contribution in [0.25, 0.3) is 5.78 Å². The number of pyridine rings is 1. The Hall–Kier alpha value is -3.56. The molecule has 3 N–H and O–H groups in total. The second-order valence-corrected chi connectivity index (χ2v) is 7.87. The van der Waals surface area contributed by atoms with Crippen LogP contribution < -0.4 is 16.0 Å². The fraction of sp³-hybridized carbons (Fsp3) is 0.429. The summed E-state index contributed by atoms with van der Waals surface area (Å²) < 4.78 is 1.69. The number of nitrogens with one attached hydrogen (secondary N) is 1. The summed E-state index contributed by atoms with van der Waals surface area (Å²) in [4.78, 5) is 39.0. The van der Waals surface area contributed by atoms with E-state index in [0.717, 1.165) is 42.2 Å². The predicted molar refractivity (Wildman–Crippen MR) is 116 cm³/mol. The fourth-order valence-electron chi connectivity index (χ4n) is 4.04. The quantitative estimate of drug-likeness (QED) is 0.614. The molecule has 3 aromatic heterocycles. The van der Waals surface area contributed by atoms with Crippen LogP contribution in [0.5, 0.6) is 0 Å². The second kappa shape index (κ2) is 8.66. The van der Waals surface area contributed by atoms with Crippen molar-refractivity contribution in [3.63, 3.8) is 0 Å². The molecular weight excluding hydrogens is 396 g/mol. The Balaban J connectivity index is 1.36. The van der Waals surface area contributed by atoms with Gasteiger partial charge in [0.1, 0.15) is 12.1 Å². The fourth-order valence-corrected chi connectivity index (χ4v) is 4.04. The van der Waals surface area contributed by atoms with E-state index >= 15 is 0 Å². The van der Waals surface area contributed by atoms with E-state index in [1.165, 1.54) is 6.33 Å². The SMILES string of the molecule is Cc1nc2ncnn2c(C)c1CCC(=O)Nc1ccc(N2CCCC(C(N)=O)C2)nc1. The van der Waals surface area contributed by atoms with Crippen molar-refractivity contribution < 1.29 is 9.59 Å². The van der Waals surface area contributed by atoms with Crippen LogP contribution in [0.4, 0.5) is 11.5 Å². The summed E-state index contributed by atoms with van der Waals surface area (Å²) in [5.74, 6) is 0.830. The van der Waals surface area contributed by atoms with Crippen molar-refractivity contribution in [2.24, 2.45) is 11.7 Å². The summed E-state index contributed by atoms with van der Waals surface area (Å²) in [6, 6.07) is 3.68. The lowest BCUT2D eigenvalue weighted by Crippen LogP contribution is -2.41. The smallest absolute Gasteiger partial charge is 0.252 e. The summed E-state index contributed by atoms with van der Waals surface area (Å²) >= 11 is 0. The monoisotopic (exact) mass is 422 g/mol. The maximum Gasteiger partial charge on any atom is 0.252 e. The largest absolute Gasteiger partial charge is 0.369 e. The number of nitrogens with zero attached hydrogens (tertiary/aromatic N) is 6. The van der Waals surface area contributed by atoms with Gasteiger partial charge in [-0.15, -0.1) is 0 Å².